The van der Waals surface area contributed by atoms with Crippen molar-refractivity contribution in [3.8, 4) is 0 Å². The first-order chi connectivity index (χ1) is 10.1. The van der Waals surface area contributed by atoms with Crippen LogP contribution in [0.2, 0.25) is 0 Å². The summed E-state index contributed by atoms with van der Waals surface area (Å²) in [5, 5.41) is 0. The Balaban J connectivity index is 2.18. The van der Waals surface area contributed by atoms with Gasteiger partial charge in [-0.15, -0.1) is 0 Å². The molecule has 0 saturated heterocycles. The Kier molecular flexibility index (Phi) is 5.34. The van der Waals surface area contributed by atoms with Crippen LogP contribution in [0.15, 0.2) is 48.7 Å². The van der Waals surface area contributed by atoms with E-state index in [0.717, 1.165) is 24.3 Å². The van der Waals surface area contributed by atoms with Gasteiger partial charge in [0.2, 0.25) is 0 Å². The zero-order chi connectivity index (χ0) is 15.2. The average molecular weight is 283 g/mol. The molecule has 0 saturated carbocycles. The molecule has 0 bridgehead atoms. The van der Waals surface area contributed by atoms with Crippen LogP contribution in [0.4, 0.5) is 5.69 Å². The van der Waals surface area contributed by atoms with E-state index in [1.807, 2.05) is 18.3 Å². The molecule has 21 heavy (non-hydrogen) atoms. The van der Waals surface area contributed by atoms with Crippen molar-refractivity contribution >= 4 is 5.69 Å². The predicted molar refractivity (Wildman–Crippen MR) is 89.2 cm³/mol. The number of anilines is 1. The Bertz CT molecular complexity index is 534. The van der Waals surface area contributed by atoms with Crippen molar-refractivity contribution in [3.63, 3.8) is 0 Å². The fourth-order valence-corrected chi connectivity index (χ4v) is 2.35. The van der Waals surface area contributed by atoms with Crippen LogP contribution in [0.25, 0.3) is 0 Å². The molecule has 1 aromatic carbocycles. The van der Waals surface area contributed by atoms with Crippen molar-refractivity contribution in [3.05, 3.63) is 59.9 Å². The Morgan fingerprint density at radius 2 is 1.81 bits per heavy atom. The van der Waals surface area contributed by atoms with Gasteiger partial charge in [-0.1, -0.05) is 37.3 Å². The highest BCUT2D eigenvalue weighted by Gasteiger charge is 2.12. The summed E-state index contributed by atoms with van der Waals surface area (Å²) in [5.41, 5.74) is 9.44. The van der Waals surface area contributed by atoms with Gasteiger partial charge in [0, 0.05) is 18.6 Å². The minimum Gasteiger partial charge on any atom is -0.364 e. The molecule has 2 aromatic rings. The molecule has 0 aliphatic carbocycles. The van der Waals surface area contributed by atoms with Gasteiger partial charge in [-0.05, 0) is 38.0 Å². The Morgan fingerprint density at radius 3 is 2.33 bits per heavy atom. The van der Waals surface area contributed by atoms with Gasteiger partial charge < -0.3 is 10.6 Å². The van der Waals surface area contributed by atoms with Gasteiger partial charge in [0.05, 0.1) is 17.6 Å². The van der Waals surface area contributed by atoms with E-state index in [0.29, 0.717) is 6.04 Å². The monoisotopic (exact) mass is 283 g/mol. The third-order valence-corrected chi connectivity index (χ3v) is 3.74. The first-order valence-corrected chi connectivity index (χ1v) is 7.64. The summed E-state index contributed by atoms with van der Waals surface area (Å²) in [4.78, 5) is 6.88. The van der Waals surface area contributed by atoms with Crippen molar-refractivity contribution in [2.45, 2.75) is 45.8 Å². The van der Waals surface area contributed by atoms with E-state index in [4.69, 9.17) is 5.73 Å². The van der Waals surface area contributed by atoms with E-state index in [9.17, 15) is 0 Å². The third kappa shape index (κ3) is 4.05. The Labute approximate surface area is 127 Å². The van der Waals surface area contributed by atoms with Crippen LogP contribution in [-0.4, -0.2) is 11.0 Å². The molecule has 3 nitrogen and oxygen atoms in total. The van der Waals surface area contributed by atoms with Crippen molar-refractivity contribution in [2.24, 2.45) is 5.73 Å². The Hall–Kier alpha value is -1.87. The number of nitrogens with two attached hydrogens (primary N) is 1. The normalized spacial score (nSPS) is 12.4. The van der Waals surface area contributed by atoms with Gasteiger partial charge in [0.25, 0.3) is 0 Å². The molecule has 1 aromatic heterocycles. The van der Waals surface area contributed by atoms with Crippen LogP contribution in [0.5, 0.6) is 0 Å². The lowest BCUT2D eigenvalue weighted by molar-refractivity contribution is 0.665. The number of rotatable bonds is 6. The maximum Gasteiger partial charge on any atom is 0.0572 e. The van der Waals surface area contributed by atoms with Gasteiger partial charge in [0.1, 0.15) is 0 Å². The van der Waals surface area contributed by atoms with Crippen molar-refractivity contribution in [1.29, 1.82) is 0 Å². The molecule has 0 unspecified atom stereocenters. The highest BCUT2D eigenvalue weighted by Crippen LogP contribution is 2.21. The SMILES string of the molecule is CC[C@H](N)c1ccc(N(Cc2ccccc2)C(C)C)cn1. The lowest BCUT2D eigenvalue weighted by atomic mass is 10.1. The molecule has 1 heterocycles. The number of hydrogen-bond donors (Lipinski definition) is 1. The summed E-state index contributed by atoms with van der Waals surface area (Å²) >= 11 is 0. The van der Waals surface area contributed by atoms with E-state index < -0.39 is 0 Å². The second-order valence-electron chi connectivity index (χ2n) is 5.66. The molecule has 0 spiro atoms. The zero-order valence-electron chi connectivity index (χ0n) is 13.2. The third-order valence-electron chi connectivity index (χ3n) is 3.74. The van der Waals surface area contributed by atoms with Crippen LogP contribution in [0.3, 0.4) is 0 Å². The molecular weight excluding hydrogens is 258 g/mol. The lowest BCUT2D eigenvalue weighted by Crippen LogP contribution is -2.30. The van der Waals surface area contributed by atoms with Crippen molar-refractivity contribution in [1.82, 2.24) is 4.98 Å². The summed E-state index contributed by atoms with van der Waals surface area (Å²) < 4.78 is 0. The summed E-state index contributed by atoms with van der Waals surface area (Å²) in [6.45, 7) is 7.37. The molecule has 3 heteroatoms. The minimum atomic E-state index is 0.0284. The van der Waals surface area contributed by atoms with E-state index in [-0.39, 0.29) is 6.04 Å². The lowest BCUT2D eigenvalue weighted by Gasteiger charge is -2.29. The summed E-state index contributed by atoms with van der Waals surface area (Å²) in [6, 6.07) is 15.1. The second-order valence-corrected chi connectivity index (χ2v) is 5.66. The van der Waals surface area contributed by atoms with Gasteiger partial charge in [-0.2, -0.15) is 0 Å². The van der Waals surface area contributed by atoms with E-state index in [1.54, 1.807) is 0 Å². The molecule has 0 amide bonds. The topological polar surface area (TPSA) is 42.1 Å². The number of pyridine rings is 1. The van der Waals surface area contributed by atoms with E-state index in [2.05, 4.69) is 61.0 Å². The quantitative estimate of drug-likeness (QED) is 0.874. The molecule has 0 aliphatic heterocycles. The smallest absolute Gasteiger partial charge is 0.0572 e. The van der Waals surface area contributed by atoms with Crippen LogP contribution < -0.4 is 10.6 Å². The number of benzene rings is 1. The molecule has 112 valence electrons. The van der Waals surface area contributed by atoms with Gasteiger partial charge >= 0.3 is 0 Å². The first-order valence-electron chi connectivity index (χ1n) is 7.64. The number of aromatic nitrogens is 1. The van der Waals surface area contributed by atoms with E-state index in [1.165, 1.54) is 5.56 Å². The van der Waals surface area contributed by atoms with Crippen molar-refractivity contribution in [2.75, 3.05) is 4.90 Å². The van der Waals surface area contributed by atoms with Crippen LogP contribution >= 0.6 is 0 Å². The molecule has 1 atom stereocenters. The standard InChI is InChI=1S/C18H25N3/c1-4-17(19)18-11-10-16(12-20-18)21(14(2)3)13-15-8-6-5-7-9-15/h5-12,14,17H,4,13,19H2,1-3H3/t17-/m0/s1. The second kappa shape index (κ2) is 7.23. The molecule has 0 radical (unpaired) electrons. The van der Waals surface area contributed by atoms with Gasteiger partial charge in [-0.3, -0.25) is 4.98 Å². The summed E-state index contributed by atoms with van der Waals surface area (Å²) in [5.74, 6) is 0. The Morgan fingerprint density at radius 1 is 1.10 bits per heavy atom. The minimum absolute atomic E-state index is 0.0284. The van der Waals surface area contributed by atoms with Crippen LogP contribution in [-0.2, 0) is 6.54 Å². The summed E-state index contributed by atoms with van der Waals surface area (Å²) in [6.07, 6.45) is 2.85. The fourth-order valence-electron chi connectivity index (χ4n) is 2.35. The molecule has 2 rings (SSSR count). The van der Waals surface area contributed by atoms with Gasteiger partial charge in [0.15, 0.2) is 0 Å². The fraction of sp³-hybridized carbons (Fsp3) is 0.389. The van der Waals surface area contributed by atoms with Crippen molar-refractivity contribution < 1.29 is 0 Å². The number of nitrogens with zero attached hydrogens (tertiary/aromatic N) is 2. The summed E-state index contributed by atoms with van der Waals surface area (Å²) in [7, 11) is 0. The predicted octanol–water partition coefficient (Wildman–Crippen LogP) is 3.91. The molecular formula is C18H25N3. The van der Waals surface area contributed by atoms with E-state index >= 15 is 0 Å². The molecule has 2 N–H and O–H groups in total. The van der Waals surface area contributed by atoms with Gasteiger partial charge in [-0.25, -0.2) is 0 Å². The largest absolute Gasteiger partial charge is 0.364 e. The average Bonchev–Trinajstić information content (AvgIpc) is 2.53. The molecule has 0 aliphatic rings. The maximum absolute atomic E-state index is 6.03. The maximum atomic E-state index is 6.03. The zero-order valence-corrected chi connectivity index (χ0v) is 13.2. The highest BCUT2D eigenvalue weighted by atomic mass is 15.2. The number of hydrogen-bond acceptors (Lipinski definition) is 3. The van der Waals surface area contributed by atoms with Crippen LogP contribution in [0, 0.1) is 0 Å². The highest BCUT2D eigenvalue weighted by molar-refractivity contribution is 5.46. The first kappa shape index (κ1) is 15.5. The molecule has 0 fully saturated rings. The van der Waals surface area contributed by atoms with Crippen LogP contribution in [0.1, 0.15) is 44.5 Å².